The van der Waals surface area contributed by atoms with Crippen LogP contribution in [0.25, 0.3) is 0 Å². The van der Waals surface area contributed by atoms with Crippen LogP contribution in [0, 0.1) is 6.92 Å². The minimum Gasteiger partial charge on any atom is -0.374 e. The Balaban J connectivity index is 1.71. The third-order valence-electron chi connectivity index (χ3n) is 5.42. The number of nitrogens with one attached hydrogen (secondary N) is 2. The maximum Gasteiger partial charge on any atom is 0.416 e. The molecule has 1 saturated heterocycles. The number of amides is 1. The molecule has 1 aliphatic rings. The number of ether oxygens (including phenoxy) is 1. The quantitative estimate of drug-likeness (QED) is 0.732. The molecule has 1 fully saturated rings. The van der Waals surface area contributed by atoms with Crippen LogP contribution in [0.1, 0.15) is 42.0 Å². The van der Waals surface area contributed by atoms with Gasteiger partial charge in [0.25, 0.3) is 0 Å². The van der Waals surface area contributed by atoms with E-state index in [4.69, 9.17) is 4.74 Å². The highest BCUT2D eigenvalue weighted by Crippen LogP contribution is 2.33. The standard InChI is InChI=1S/C23H27F3N2O2/c1-16-10-18(12-20(11-16)23(24,25)26)14-30-15-22(19-6-4-3-5-7-19)9-8-21(13-27-22)28-17(2)29/h3-7,10-12,21,27H,8-9,13-15H2,1-2H3,(H,28,29)/t21-,22+/m0/s1. The summed E-state index contributed by atoms with van der Waals surface area (Å²) in [4.78, 5) is 11.4. The zero-order valence-corrected chi connectivity index (χ0v) is 17.2. The van der Waals surface area contributed by atoms with E-state index < -0.39 is 17.3 Å². The minimum atomic E-state index is -4.38. The summed E-state index contributed by atoms with van der Waals surface area (Å²) in [6, 6.07) is 13.9. The van der Waals surface area contributed by atoms with Crippen LogP contribution < -0.4 is 10.6 Å². The van der Waals surface area contributed by atoms with E-state index in [-0.39, 0.29) is 18.6 Å². The number of hydrogen-bond donors (Lipinski definition) is 2. The highest BCUT2D eigenvalue weighted by atomic mass is 19.4. The van der Waals surface area contributed by atoms with Gasteiger partial charge in [-0.1, -0.05) is 42.0 Å². The van der Waals surface area contributed by atoms with Gasteiger partial charge in [0.2, 0.25) is 5.91 Å². The number of carbonyl (C=O) groups excluding carboxylic acids is 1. The van der Waals surface area contributed by atoms with E-state index in [2.05, 4.69) is 10.6 Å². The number of carbonyl (C=O) groups is 1. The average Bonchev–Trinajstić information content (AvgIpc) is 2.69. The van der Waals surface area contributed by atoms with Crippen molar-refractivity contribution >= 4 is 5.91 Å². The summed E-state index contributed by atoms with van der Waals surface area (Å²) in [7, 11) is 0. The number of piperidine rings is 1. The Morgan fingerprint density at radius 2 is 1.97 bits per heavy atom. The average molecular weight is 420 g/mol. The summed E-state index contributed by atoms with van der Waals surface area (Å²) in [5, 5.41) is 6.45. The van der Waals surface area contributed by atoms with Crippen molar-refractivity contribution in [3.8, 4) is 0 Å². The van der Waals surface area contributed by atoms with E-state index in [1.54, 1.807) is 13.0 Å². The summed E-state index contributed by atoms with van der Waals surface area (Å²) in [5.74, 6) is -0.0647. The molecule has 0 spiro atoms. The van der Waals surface area contributed by atoms with Crippen molar-refractivity contribution < 1.29 is 22.7 Å². The van der Waals surface area contributed by atoms with Crippen molar-refractivity contribution in [2.24, 2.45) is 0 Å². The lowest BCUT2D eigenvalue weighted by Gasteiger charge is -2.41. The second kappa shape index (κ2) is 9.18. The molecule has 3 rings (SSSR count). The molecule has 162 valence electrons. The van der Waals surface area contributed by atoms with Gasteiger partial charge in [0, 0.05) is 19.5 Å². The van der Waals surface area contributed by atoms with Gasteiger partial charge in [0.1, 0.15) is 0 Å². The van der Waals surface area contributed by atoms with Crippen molar-refractivity contribution in [3.05, 3.63) is 70.8 Å². The molecule has 0 saturated carbocycles. The second-order valence-corrected chi connectivity index (χ2v) is 7.96. The summed E-state index contributed by atoms with van der Waals surface area (Å²) in [6.07, 6.45) is -2.85. The predicted octanol–water partition coefficient (Wildman–Crippen LogP) is 4.31. The van der Waals surface area contributed by atoms with Crippen LogP contribution in [-0.2, 0) is 27.9 Å². The molecule has 0 unspecified atom stereocenters. The largest absolute Gasteiger partial charge is 0.416 e. The second-order valence-electron chi connectivity index (χ2n) is 7.96. The Hall–Kier alpha value is -2.38. The van der Waals surface area contributed by atoms with Crippen molar-refractivity contribution in [3.63, 3.8) is 0 Å². The molecule has 30 heavy (non-hydrogen) atoms. The Morgan fingerprint density at radius 3 is 2.57 bits per heavy atom. The van der Waals surface area contributed by atoms with Crippen LogP contribution in [0.3, 0.4) is 0 Å². The van der Waals surface area contributed by atoms with Gasteiger partial charge >= 0.3 is 6.18 Å². The fraction of sp³-hybridized carbons (Fsp3) is 0.435. The third kappa shape index (κ3) is 5.61. The highest BCUT2D eigenvalue weighted by Gasteiger charge is 2.37. The number of alkyl halides is 3. The molecule has 4 nitrogen and oxygen atoms in total. The minimum absolute atomic E-state index is 0.0467. The van der Waals surface area contributed by atoms with E-state index >= 15 is 0 Å². The topological polar surface area (TPSA) is 50.4 Å². The van der Waals surface area contributed by atoms with Gasteiger partial charge in [-0.05, 0) is 43.0 Å². The maximum atomic E-state index is 13.1. The molecule has 0 bridgehead atoms. The van der Waals surface area contributed by atoms with Gasteiger partial charge in [-0.15, -0.1) is 0 Å². The molecule has 1 heterocycles. The van der Waals surface area contributed by atoms with E-state index in [0.29, 0.717) is 24.3 Å². The molecule has 1 aliphatic heterocycles. The first-order valence-electron chi connectivity index (χ1n) is 10.0. The molecule has 0 aromatic heterocycles. The maximum absolute atomic E-state index is 13.1. The number of halogens is 3. The number of rotatable bonds is 6. The number of hydrogen-bond acceptors (Lipinski definition) is 3. The van der Waals surface area contributed by atoms with Crippen molar-refractivity contribution in [2.75, 3.05) is 13.2 Å². The fourth-order valence-corrected chi connectivity index (χ4v) is 4.00. The molecule has 1 amide bonds. The van der Waals surface area contributed by atoms with Gasteiger partial charge in [-0.3, -0.25) is 4.79 Å². The molecule has 7 heteroatoms. The van der Waals surface area contributed by atoms with Crippen LogP contribution >= 0.6 is 0 Å². The Labute approximate surface area is 174 Å². The fourth-order valence-electron chi connectivity index (χ4n) is 4.00. The van der Waals surface area contributed by atoms with Gasteiger partial charge in [0.15, 0.2) is 0 Å². The molecular weight excluding hydrogens is 393 g/mol. The van der Waals surface area contributed by atoms with Gasteiger partial charge in [-0.2, -0.15) is 13.2 Å². The molecule has 2 N–H and O–H groups in total. The molecule has 2 atom stereocenters. The van der Waals surface area contributed by atoms with Crippen LogP contribution in [0.15, 0.2) is 48.5 Å². The summed E-state index contributed by atoms with van der Waals surface area (Å²) >= 11 is 0. The monoisotopic (exact) mass is 420 g/mol. The van der Waals surface area contributed by atoms with E-state index in [1.165, 1.54) is 6.92 Å². The molecule has 2 aromatic rings. The SMILES string of the molecule is CC(=O)N[C@H]1CC[C@@](COCc2cc(C)cc(C(F)(F)F)c2)(c2ccccc2)NC1. The zero-order chi connectivity index (χ0) is 21.8. The molecule has 0 radical (unpaired) electrons. The van der Waals surface area contributed by atoms with Crippen molar-refractivity contribution in [2.45, 2.75) is 51.1 Å². The van der Waals surface area contributed by atoms with Gasteiger partial charge in [0.05, 0.1) is 24.3 Å². The van der Waals surface area contributed by atoms with Crippen LogP contribution in [0.5, 0.6) is 0 Å². The Kier molecular flexibility index (Phi) is 6.83. The number of benzene rings is 2. The normalized spacial score (nSPS) is 22.0. The van der Waals surface area contributed by atoms with E-state index in [1.807, 2.05) is 30.3 Å². The first kappa shape index (κ1) is 22.3. The van der Waals surface area contributed by atoms with Gasteiger partial charge < -0.3 is 15.4 Å². The molecule has 2 aromatic carbocycles. The Bertz CT molecular complexity index is 860. The van der Waals surface area contributed by atoms with Gasteiger partial charge in [-0.25, -0.2) is 0 Å². The lowest BCUT2D eigenvalue weighted by atomic mass is 9.81. The smallest absolute Gasteiger partial charge is 0.374 e. The van der Waals surface area contributed by atoms with E-state index in [9.17, 15) is 18.0 Å². The summed E-state index contributed by atoms with van der Waals surface area (Å²) in [6.45, 7) is 4.16. The lowest BCUT2D eigenvalue weighted by molar-refractivity contribution is -0.137. The van der Waals surface area contributed by atoms with Crippen LogP contribution in [0.4, 0.5) is 13.2 Å². The molecular formula is C23H27F3N2O2. The summed E-state index contributed by atoms with van der Waals surface area (Å²) in [5.41, 5.74) is 0.999. The van der Waals surface area contributed by atoms with Crippen molar-refractivity contribution in [1.29, 1.82) is 0 Å². The van der Waals surface area contributed by atoms with Crippen molar-refractivity contribution in [1.82, 2.24) is 10.6 Å². The number of aryl methyl sites for hydroxylation is 1. The van der Waals surface area contributed by atoms with E-state index in [0.717, 1.165) is 30.5 Å². The first-order valence-corrected chi connectivity index (χ1v) is 10.0. The zero-order valence-electron chi connectivity index (χ0n) is 17.2. The summed E-state index contributed by atoms with van der Waals surface area (Å²) < 4.78 is 45.2. The Morgan fingerprint density at radius 1 is 1.23 bits per heavy atom. The molecule has 0 aliphatic carbocycles. The predicted molar refractivity (Wildman–Crippen MR) is 109 cm³/mol. The van der Waals surface area contributed by atoms with Crippen LogP contribution in [-0.4, -0.2) is 25.1 Å². The first-order chi connectivity index (χ1) is 14.2. The lowest BCUT2D eigenvalue weighted by Crippen LogP contribution is -2.56. The third-order valence-corrected chi connectivity index (χ3v) is 5.42. The van der Waals surface area contributed by atoms with Crippen LogP contribution in [0.2, 0.25) is 0 Å². The highest BCUT2D eigenvalue weighted by molar-refractivity contribution is 5.73.